The largest absolute Gasteiger partial charge is 0.460 e. The summed E-state index contributed by atoms with van der Waals surface area (Å²) in [6.45, 7) is 9.44. The van der Waals surface area contributed by atoms with E-state index in [1.807, 2.05) is 20.8 Å². The molecule has 0 heterocycles. The second-order valence-corrected chi connectivity index (χ2v) is 6.54. The summed E-state index contributed by atoms with van der Waals surface area (Å²) in [6, 6.07) is 5.48. The van der Waals surface area contributed by atoms with Crippen molar-refractivity contribution in [3.8, 4) is 0 Å². The van der Waals surface area contributed by atoms with Crippen molar-refractivity contribution in [3.05, 3.63) is 42.5 Å². The molecule has 1 rings (SSSR count). The summed E-state index contributed by atoms with van der Waals surface area (Å²) in [4.78, 5) is 11.0. The lowest BCUT2D eigenvalue weighted by Gasteiger charge is -2.15. The number of carbonyl (C=O) groups excluding carboxylic acids is 1. The minimum absolute atomic E-state index is 0.0666. The van der Waals surface area contributed by atoms with E-state index in [1.54, 1.807) is 12.1 Å². The number of benzene rings is 1. The van der Waals surface area contributed by atoms with Gasteiger partial charge >= 0.3 is 5.97 Å². The van der Waals surface area contributed by atoms with Crippen molar-refractivity contribution < 1.29 is 22.5 Å². The topological polar surface area (TPSA) is 107 Å². The predicted octanol–water partition coefficient (Wildman–Crippen LogP) is 2.33. The summed E-state index contributed by atoms with van der Waals surface area (Å²) in [5.41, 5.74) is 6.56. The Hall–Kier alpha value is -1.70. The molecule has 3 N–H and O–H groups in total. The molecule has 23 heavy (non-hydrogen) atoms. The highest BCUT2D eigenvalue weighted by atomic mass is 32.2. The molecule has 0 amide bonds. The molecule has 2 atom stereocenters. The van der Waals surface area contributed by atoms with Gasteiger partial charge in [-0.2, -0.15) is 8.42 Å². The summed E-state index contributed by atoms with van der Waals surface area (Å²) < 4.78 is 34.3. The lowest BCUT2D eigenvalue weighted by atomic mass is 10.0. The first-order valence-corrected chi connectivity index (χ1v) is 8.64. The first-order chi connectivity index (χ1) is 10.6. The van der Waals surface area contributed by atoms with Gasteiger partial charge in [0.15, 0.2) is 0 Å². The monoisotopic (exact) mass is 343 g/mol. The molecule has 6 nitrogen and oxygen atoms in total. The molecule has 130 valence electrons. The third-order valence-corrected chi connectivity index (χ3v) is 4.06. The van der Waals surface area contributed by atoms with E-state index < -0.39 is 16.2 Å². The van der Waals surface area contributed by atoms with Crippen LogP contribution >= 0.6 is 0 Å². The van der Waals surface area contributed by atoms with Crippen LogP contribution in [0, 0.1) is 12.8 Å². The maximum Gasteiger partial charge on any atom is 0.323 e. The zero-order valence-electron chi connectivity index (χ0n) is 13.7. The second-order valence-electron chi connectivity index (χ2n) is 5.12. The fraction of sp³-hybridized carbons (Fsp3) is 0.438. The maximum atomic E-state index is 11.1. The lowest BCUT2D eigenvalue weighted by Crippen LogP contribution is -2.38. The van der Waals surface area contributed by atoms with E-state index in [9.17, 15) is 13.2 Å². The smallest absolute Gasteiger partial charge is 0.323 e. The number of hydrogen-bond donors (Lipinski definition) is 2. The number of ether oxygens (including phenoxy) is 1. The van der Waals surface area contributed by atoms with Crippen molar-refractivity contribution >= 4 is 16.1 Å². The number of aryl methyl sites for hydroxylation is 1. The summed E-state index contributed by atoms with van der Waals surface area (Å²) >= 11 is 0. The highest BCUT2D eigenvalue weighted by Gasteiger charge is 2.20. The van der Waals surface area contributed by atoms with Crippen LogP contribution < -0.4 is 5.73 Å². The standard InChI is InChI=1S/C9H17NO2.C7H8O3S/c1-4-6-12-9(11)8(10)7(3)5-2;1-6-2-4-7(5-3-6)11(8,9)10/h4,7-8H,1,5-6,10H2,2-3H3;2-5H,1H3,(H,8,9,10). The lowest BCUT2D eigenvalue weighted by molar-refractivity contribution is -0.145. The van der Waals surface area contributed by atoms with Gasteiger partial charge in [-0.1, -0.05) is 50.6 Å². The summed E-state index contributed by atoms with van der Waals surface area (Å²) in [5.74, 6) is -0.174. The molecule has 0 spiro atoms. The molecular formula is C16H25NO5S. The van der Waals surface area contributed by atoms with Gasteiger partial charge in [0.2, 0.25) is 0 Å². The normalized spacial score (nSPS) is 13.3. The molecule has 0 bridgehead atoms. The van der Waals surface area contributed by atoms with Crippen molar-refractivity contribution in [1.82, 2.24) is 0 Å². The van der Waals surface area contributed by atoms with E-state index >= 15 is 0 Å². The van der Waals surface area contributed by atoms with E-state index in [0.29, 0.717) is 0 Å². The quantitative estimate of drug-likeness (QED) is 0.466. The van der Waals surface area contributed by atoms with E-state index in [0.717, 1.165) is 12.0 Å². The summed E-state index contributed by atoms with van der Waals surface area (Å²) in [5, 5.41) is 0. The molecule has 0 aliphatic rings. The average molecular weight is 343 g/mol. The summed E-state index contributed by atoms with van der Waals surface area (Å²) in [6.07, 6.45) is 2.41. The van der Waals surface area contributed by atoms with Crippen molar-refractivity contribution in [3.63, 3.8) is 0 Å². The fourth-order valence-electron chi connectivity index (χ4n) is 1.43. The molecular weight excluding hydrogens is 318 g/mol. The molecule has 0 aliphatic heterocycles. The molecule has 0 fully saturated rings. The van der Waals surface area contributed by atoms with Crippen LogP contribution in [-0.4, -0.2) is 31.6 Å². The van der Waals surface area contributed by atoms with Crippen LogP contribution in [0.5, 0.6) is 0 Å². The van der Waals surface area contributed by atoms with E-state index in [-0.39, 0.29) is 23.4 Å². The minimum atomic E-state index is -4.02. The molecule has 0 saturated carbocycles. The molecule has 0 saturated heterocycles. The van der Waals surface area contributed by atoms with E-state index in [4.69, 9.17) is 15.0 Å². The van der Waals surface area contributed by atoms with Crippen LogP contribution in [0.1, 0.15) is 25.8 Å². The van der Waals surface area contributed by atoms with Crippen LogP contribution in [0.2, 0.25) is 0 Å². The van der Waals surface area contributed by atoms with Gasteiger partial charge in [-0.3, -0.25) is 9.35 Å². The van der Waals surface area contributed by atoms with Gasteiger partial charge in [-0.05, 0) is 25.0 Å². The molecule has 1 aromatic rings. The Balaban J connectivity index is 0.000000422. The molecule has 0 radical (unpaired) electrons. The van der Waals surface area contributed by atoms with Crippen LogP contribution in [0.4, 0.5) is 0 Å². The Kier molecular flexibility index (Phi) is 9.40. The Morgan fingerprint density at radius 1 is 1.39 bits per heavy atom. The zero-order chi connectivity index (χ0) is 18.0. The Morgan fingerprint density at radius 2 is 1.91 bits per heavy atom. The minimum Gasteiger partial charge on any atom is -0.460 e. The molecule has 7 heteroatoms. The van der Waals surface area contributed by atoms with Crippen molar-refractivity contribution in [2.45, 2.75) is 38.1 Å². The number of carbonyl (C=O) groups is 1. The summed E-state index contributed by atoms with van der Waals surface area (Å²) in [7, 11) is -4.02. The SMILES string of the molecule is C=CCOC(=O)C(N)C(C)CC.Cc1ccc(S(=O)(=O)O)cc1. The zero-order valence-corrected chi connectivity index (χ0v) is 14.5. The van der Waals surface area contributed by atoms with Gasteiger partial charge in [0.05, 0.1) is 4.90 Å². The van der Waals surface area contributed by atoms with Crippen molar-refractivity contribution in [1.29, 1.82) is 0 Å². The van der Waals surface area contributed by atoms with E-state index in [2.05, 4.69) is 6.58 Å². The number of hydrogen-bond acceptors (Lipinski definition) is 5. The molecule has 0 aliphatic carbocycles. The van der Waals surface area contributed by atoms with Crippen LogP contribution in [0.3, 0.4) is 0 Å². The van der Waals surface area contributed by atoms with Gasteiger partial charge in [-0.25, -0.2) is 0 Å². The average Bonchev–Trinajstić information content (AvgIpc) is 2.51. The highest BCUT2D eigenvalue weighted by Crippen LogP contribution is 2.08. The van der Waals surface area contributed by atoms with Gasteiger partial charge < -0.3 is 10.5 Å². The fourth-order valence-corrected chi connectivity index (χ4v) is 1.91. The number of nitrogens with two attached hydrogens (primary N) is 1. The van der Waals surface area contributed by atoms with Crippen LogP contribution in [0.15, 0.2) is 41.8 Å². The van der Waals surface area contributed by atoms with Gasteiger partial charge in [0.25, 0.3) is 10.1 Å². The van der Waals surface area contributed by atoms with Crippen molar-refractivity contribution in [2.75, 3.05) is 6.61 Å². The second kappa shape index (κ2) is 10.1. The van der Waals surface area contributed by atoms with Crippen LogP contribution in [-0.2, 0) is 19.6 Å². The molecule has 0 aromatic heterocycles. The number of esters is 1. The van der Waals surface area contributed by atoms with Gasteiger partial charge in [-0.15, -0.1) is 0 Å². The Morgan fingerprint density at radius 3 is 2.30 bits per heavy atom. The van der Waals surface area contributed by atoms with Gasteiger partial charge in [0.1, 0.15) is 12.6 Å². The highest BCUT2D eigenvalue weighted by molar-refractivity contribution is 7.85. The Labute approximate surface area is 138 Å². The maximum absolute atomic E-state index is 11.1. The molecule has 1 aromatic carbocycles. The van der Waals surface area contributed by atoms with Gasteiger partial charge in [0, 0.05) is 0 Å². The van der Waals surface area contributed by atoms with Crippen molar-refractivity contribution in [2.24, 2.45) is 11.7 Å². The third-order valence-electron chi connectivity index (χ3n) is 3.19. The van der Waals surface area contributed by atoms with Crippen LogP contribution in [0.25, 0.3) is 0 Å². The number of rotatable bonds is 6. The first kappa shape index (κ1) is 21.3. The Bertz CT molecular complexity index is 595. The third kappa shape index (κ3) is 8.49. The first-order valence-electron chi connectivity index (χ1n) is 7.20. The van der Waals surface area contributed by atoms with E-state index in [1.165, 1.54) is 18.2 Å². The molecule has 2 unspecified atom stereocenters. The predicted molar refractivity (Wildman–Crippen MR) is 89.6 cm³/mol.